The average Bonchev–Trinajstić information content (AvgIpc) is 3.17. The molecule has 2 heterocycles. The van der Waals surface area contributed by atoms with Gasteiger partial charge in [0.25, 0.3) is 11.8 Å². The Kier molecular flexibility index (Phi) is 6.23. The fraction of sp³-hybridized carbons (Fsp3) is 0.261. The fourth-order valence-corrected chi connectivity index (χ4v) is 3.65. The van der Waals surface area contributed by atoms with Crippen molar-refractivity contribution in [3.8, 4) is 5.75 Å². The lowest BCUT2D eigenvalue weighted by Gasteiger charge is -2.20. The Hall–Kier alpha value is -3.32. The number of rotatable bonds is 6. The van der Waals surface area contributed by atoms with E-state index < -0.39 is 5.91 Å². The third-order valence-corrected chi connectivity index (χ3v) is 5.42. The molecule has 0 aromatic heterocycles. The number of fused-ring (bicyclic) bond motifs is 1. The average molecular weight is 440 g/mol. The maximum Gasteiger partial charge on any atom is 0.291 e. The number of hydrogen-bond donors (Lipinski definition) is 2. The van der Waals surface area contributed by atoms with Gasteiger partial charge in [0.05, 0.1) is 5.69 Å². The predicted octanol–water partition coefficient (Wildman–Crippen LogP) is 3.45. The highest BCUT2D eigenvalue weighted by Gasteiger charge is 2.23. The third kappa shape index (κ3) is 5.06. The summed E-state index contributed by atoms with van der Waals surface area (Å²) in [5, 5.41) is 6.22. The van der Waals surface area contributed by atoms with Crippen LogP contribution in [0.1, 0.15) is 35.2 Å². The Balaban J connectivity index is 1.36. The van der Waals surface area contributed by atoms with Crippen molar-refractivity contribution in [3.05, 3.63) is 64.4 Å². The van der Waals surface area contributed by atoms with E-state index in [0.717, 1.165) is 18.5 Å². The molecule has 0 saturated carbocycles. The van der Waals surface area contributed by atoms with Gasteiger partial charge in [-0.25, -0.2) is 0 Å². The Bertz CT molecular complexity index is 1050. The van der Waals surface area contributed by atoms with Crippen molar-refractivity contribution in [2.45, 2.75) is 19.3 Å². The Labute approximate surface area is 185 Å². The van der Waals surface area contributed by atoms with Gasteiger partial charge in [-0.1, -0.05) is 23.7 Å². The van der Waals surface area contributed by atoms with Crippen molar-refractivity contribution in [2.75, 3.05) is 25.0 Å². The van der Waals surface area contributed by atoms with E-state index in [4.69, 9.17) is 16.3 Å². The van der Waals surface area contributed by atoms with Gasteiger partial charge in [-0.15, -0.1) is 0 Å². The first-order valence-electron chi connectivity index (χ1n) is 10.2. The van der Waals surface area contributed by atoms with Gasteiger partial charge in [0.1, 0.15) is 0 Å². The van der Waals surface area contributed by atoms with Gasteiger partial charge >= 0.3 is 0 Å². The summed E-state index contributed by atoms with van der Waals surface area (Å²) in [6.07, 6.45) is 3.85. The van der Waals surface area contributed by atoms with Crippen LogP contribution >= 0.6 is 11.6 Å². The standard InChI is InChI=1S/C23H22ClN3O4/c24-17-7-4-15(5-8-17)13-20-23(30)26-18-14-16(6-9-19(18)31-20)22(29)25-10-2-12-27-11-1-3-21(27)28/h4-9,13-14H,1-3,10-12H2,(H,25,29)(H,26,30). The van der Waals surface area contributed by atoms with Crippen molar-refractivity contribution in [1.82, 2.24) is 10.2 Å². The summed E-state index contributed by atoms with van der Waals surface area (Å²) in [5.41, 5.74) is 1.64. The van der Waals surface area contributed by atoms with Crippen LogP contribution in [0.15, 0.2) is 48.2 Å². The molecule has 2 aliphatic heterocycles. The lowest BCUT2D eigenvalue weighted by molar-refractivity contribution is -0.127. The minimum absolute atomic E-state index is 0.156. The number of carbonyl (C=O) groups is 3. The summed E-state index contributed by atoms with van der Waals surface area (Å²) >= 11 is 5.89. The minimum atomic E-state index is -0.393. The van der Waals surface area contributed by atoms with Crippen molar-refractivity contribution in [2.24, 2.45) is 0 Å². The summed E-state index contributed by atoms with van der Waals surface area (Å²) in [6, 6.07) is 11.9. The van der Waals surface area contributed by atoms with E-state index in [0.29, 0.717) is 48.0 Å². The topological polar surface area (TPSA) is 87.7 Å². The number of nitrogens with one attached hydrogen (secondary N) is 2. The van der Waals surface area contributed by atoms with Crippen LogP contribution in [-0.2, 0) is 9.59 Å². The second-order valence-corrected chi connectivity index (χ2v) is 7.86. The van der Waals surface area contributed by atoms with Crippen LogP contribution in [0, 0.1) is 0 Å². The number of ether oxygens (including phenoxy) is 1. The van der Waals surface area contributed by atoms with Crippen LogP contribution in [0.2, 0.25) is 5.02 Å². The van der Waals surface area contributed by atoms with Crippen LogP contribution in [0.25, 0.3) is 6.08 Å². The molecule has 160 valence electrons. The summed E-state index contributed by atoms with van der Waals surface area (Å²) in [7, 11) is 0. The Morgan fingerprint density at radius 1 is 1.19 bits per heavy atom. The number of nitrogens with zero attached hydrogens (tertiary/aromatic N) is 1. The SMILES string of the molecule is O=C1Nc2cc(C(=O)NCCCN3CCCC3=O)ccc2OC1=Cc1ccc(Cl)cc1. The van der Waals surface area contributed by atoms with Gasteiger partial charge in [-0.05, 0) is 54.8 Å². The molecule has 0 bridgehead atoms. The number of likely N-dealkylation sites (tertiary alicyclic amines) is 1. The van der Waals surface area contributed by atoms with Crippen molar-refractivity contribution >= 4 is 41.1 Å². The molecule has 0 atom stereocenters. The lowest BCUT2D eigenvalue weighted by Crippen LogP contribution is -2.30. The number of hydrogen-bond acceptors (Lipinski definition) is 4. The first kappa shape index (κ1) is 20.9. The van der Waals surface area contributed by atoms with Crippen molar-refractivity contribution in [1.29, 1.82) is 0 Å². The zero-order valence-corrected chi connectivity index (χ0v) is 17.6. The number of benzene rings is 2. The molecule has 7 nitrogen and oxygen atoms in total. The molecule has 4 rings (SSSR count). The molecule has 31 heavy (non-hydrogen) atoms. The van der Waals surface area contributed by atoms with Gasteiger partial charge in [-0.2, -0.15) is 0 Å². The molecular formula is C23H22ClN3O4. The molecule has 2 aliphatic rings. The zero-order valence-electron chi connectivity index (χ0n) is 16.8. The van der Waals surface area contributed by atoms with Gasteiger partial charge in [0.15, 0.2) is 11.5 Å². The van der Waals surface area contributed by atoms with Gasteiger partial charge in [0.2, 0.25) is 5.91 Å². The van der Waals surface area contributed by atoms with E-state index in [-0.39, 0.29) is 17.6 Å². The van der Waals surface area contributed by atoms with Gasteiger partial charge in [-0.3, -0.25) is 14.4 Å². The molecular weight excluding hydrogens is 418 g/mol. The molecule has 8 heteroatoms. The molecule has 2 N–H and O–H groups in total. The summed E-state index contributed by atoms with van der Waals surface area (Å²) in [5.74, 6) is 0.163. The first-order chi connectivity index (χ1) is 15.0. The molecule has 0 spiro atoms. The second-order valence-electron chi connectivity index (χ2n) is 7.42. The minimum Gasteiger partial charge on any atom is -0.449 e. The van der Waals surface area contributed by atoms with Crippen LogP contribution in [-0.4, -0.2) is 42.3 Å². The highest BCUT2D eigenvalue weighted by Crippen LogP contribution is 2.32. The maximum absolute atomic E-state index is 12.4. The molecule has 0 unspecified atom stereocenters. The number of anilines is 1. The molecule has 1 fully saturated rings. The van der Waals surface area contributed by atoms with Gasteiger partial charge in [0, 0.05) is 36.6 Å². The molecule has 0 radical (unpaired) electrons. The van der Waals surface area contributed by atoms with E-state index >= 15 is 0 Å². The van der Waals surface area contributed by atoms with E-state index in [1.54, 1.807) is 48.5 Å². The predicted molar refractivity (Wildman–Crippen MR) is 118 cm³/mol. The van der Waals surface area contributed by atoms with E-state index in [1.165, 1.54) is 0 Å². The van der Waals surface area contributed by atoms with Crippen molar-refractivity contribution in [3.63, 3.8) is 0 Å². The molecule has 1 saturated heterocycles. The van der Waals surface area contributed by atoms with E-state index in [2.05, 4.69) is 10.6 Å². The quantitative estimate of drug-likeness (QED) is 0.533. The first-order valence-corrected chi connectivity index (χ1v) is 10.5. The normalized spacial score (nSPS) is 16.7. The molecule has 2 aromatic rings. The fourth-order valence-electron chi connectivity index (χ4n) is 3.53. The number of halogens is 1. The lowest BCUT2D eigenvalue weighted by atomic mass is 10.1. The van der Waals surface area contributed by atoms with Crippen molar-refractivity contribution < 1.29 is 19.1 Å². The highest BCUT2D eigenvalue weighted by atomic mass is 35.5. The summed E-state index contributed by atoms with van der Waals surface area (Å²) < 4.78 is 5.73. The van der Waals surface area contributed by atoms with E-state index in [1.807, 2.05) is 4.90 Å². The van der Waals surface area contributed by atoms with Crippen LogP contribution in [0.4, 0.5) is 5.69 Å². The summed E-state index contributed by atoms with van der Waals surface area (Å²) in [4.78, 5) is 38.3. The third-order valence-electron chi connectivity index (χ3n) is 5.16. The molecule has 0 aliphatic carbocycles. The Morgan fingerprint density at radius 2 is 2.00 bits per heavy atom. The monoisotopic (exact) mass is 439 g/mol. The zero-order chi connectivity index (χ0) is 21.8. The number of carbonyl (C=O) groups excluding carboxylic acids is 3. The van der Waals surface area contributed by atoms with Crippen LogP contribution in [0.3, 0.4) is 0 Å². The van der Waals surface area contributed by atoms with Gasteiger partial charge < -0.3 is 20.3 Å². The Morgan fingerprint density at radius 3 is 2.74 bits per heavy atom. The second kappa shape index (κ2) is 9.22. The maximum atomic E-state index is 12.4. The highest BCUT2D eigenvalue weighted by molar-refractivity contribution is 6.30. The van der Waals surface area contributed by atoms with Crippen LogP contribution < -0.4 is 15.4 Å². The smallest absolute Gasteiger partial charge is 0.291 e. The van der Waals surface area contributed by atoms with E-state index in [9.17, 15) is 14.4 Å². The summed E-state index contributed by atoms with van der Waals surface area (Å²) in [6.45, 7) is 1.91. The molecule has 3 amide bonds. The molecule has 2 aromatic carbocycles. The largest absolute Gasteiger partial charge is 0.449 e. The van der Waals surface area contributed by atoms with Crippen LogP contribution in [0.5, 0.6) is 5.75 Å². The number of amides is 3.